The average Bonchev–Trinajstić information content (AvgIpc) is 2.66. The van der Waals surface area contributed by atoms with Crippen LogP contribution in [0.15, 0.2) is 30.3 Å². The minimum absolute atomic E-state index is 0.359. The van der Waals surface area contributed by atoms with E-state index >= 15 is 0 Å². The molecule has 92 valence electrons. The molecule has 0 amide bonds. The van der Waals surface area contributed by atoms with Crippen molar-refractivity contribution in [1.29, 1.82) is 0 Å². The van der Waals surface area contributed by atoms with Gasteiger partial charge in [0.25, 0.3) is 0 Å². The Kier molecular flexibility index (Phi) is 4.51. The molecule has 1 heterocycles. The molecule has 5 heteroatoms. The molecule has 0 aliphatic heterocycles. The maximum atomic E-state index is 10.8. The molecule has 0 bridgehead atoms. The molecule has 17 heavy (non-hydrogen) atoms. The van der Waals surface area contributed by atoms with Crippen molar-refractivity contribution in [1.82, 2.24) is 9.78 Å². The molecular formula is C12H17N3O2. The Labute approximate surface area is 101 Å². The highest BCUT2D eigenvalue weighted by Gasteiger charge is 2.07. The Bertz CT molecular complexity index is 447. The predicted molar refractivity (Wildman–Crippen MR) is 66.7 cm³/mol. The number of hydrogen-bond acceptors (Lipinski definition) is 4. The SMILES string of the molecule is C=C(Nc1cn(C)nc1C=O)/C(C)=C/OCC. The molecule has 0 radical (unpaired) electrons. The number of aldehydes is 1. The van der Waals surface area contributed by atoms with Gasteiger partial charge in [-0.25, -0.2) is 0 Å². The fraction of sp³-hybridized carbons (Fsp3) is 0.333. The standard InChI is InChI=1S/C12H17N3O2/c1-5-17-8-9(2)10(3)13-11-6-15(4)14-12(11)7-16/h6-8,13H,3,5H2,1-2,4H3/b9-8+. The van der Waals surface area contributed by atoms with Crippen LogP contribution in [0.4, 0.5) is 5.69 Å². The molecule has 0 fully saturated rings. The van der Waals surface area contributed by atoms with Gasteiger partial charge in [0, 0.05) is 24.5 Å². The number of aryl methyl sites for hydroxylation is 1. The molecule has 0 unspecified atom stereocenters. The van der Waals surface area contributed by atoms with E-state index in [1.54, 1.807) is 24.2 Å². The van der Waals surface area contributed by atoms with Crippen LogP contribution in [0.25, 0.3) is 0 Å². The molecule has 0 aliphatic rings. The van der Waals surface area contributed by atoms with E-state index in [2.05, 4.69) is 17.0 Å². The summed E-state index contributed by atoms with van der Waals surface area (Å²) in [7, 11) is 1.75. The molecule has 1 aromatic rings. The van der Waals surface area contributed by atoms with Crippen molar-refractivity contribution in [2.24, 2.45) is 7.05 Å². The summed E-state index contributed by atoms with van der Waals surface area (Å²) in [5.74, 6) is 0. The molecule has 0 saturated carbocycles. The van der Waals surface area contributed by atoms with Crippen LogP contribution in [0.5, 0.6) is 0 Å². The summed E-state index contributed by atoms with van der Waals surface area (Å²) in [6.07, 6.45) is 4.06. The van der Waals surface area contributed by atoms with Gasteiger partial charge in [-0.05, 0) is 13.8 Å². The summed E-state index contributed by atoms with van der Waals surface area (Å²) >= 11 is 0. The van der Waals surface area contributed by atoms with Gasteiger partial charge in [-0.3, -0.25) is 9.48 Å². The van der Waals surface area contributed by atoms with E-state index in [9.17, 15) is 4.79 Å². The summed E-state index contributed by atoms with van der Waals surface area (Å²) in [5.41, 5.74) is 2.54. The van der Waals surface area contributed by atoms with Gasteiger partial charge in [-0.1, -0.05) is 6.58 Å². The molecule has 5 nitrogen and oxygen atoms in total. The molecule has 0 aliphatic carbocycles. The van der Waals surface area contributed by atoms with E-state index in [1.165, 1.54) is 0 Å². The van der Waals surface area contributed by atoms with Gasteiger partial charge in [0.1, 0.15) is 5.69 Å². The largest absolute Gasteiger partial charge is 0.501 e. The fourth-order valence-electron chi connectivity index (χ4n) is 1.23. The molecule has 0 spiro atoms. The zero-order valence-corrected chi connectivity index (χ0v) is 10.4. The second kappa shape index (κ2) is 5.89. The molecule has 1 rings (SSSR count). The van der Waals surface area contributed by atoms with Crippen molar-refractivity contribution in [2.45, 2.75) is 13.8 Å². The van der Waals surface area contributed by atoms with Gasteiger partial charge in [0.05, 0.1) is 18.6 Å². The average molecular weight is 235 g/mol. The van der Waals surface area contributed by atoms with Crippen LogP contribution in [-0.4, -0.2) is 22.7 Å². The highest BCUT2D eigenvalue weighted by molar-refractivity contribution is 5.82. The number of carbonyl (C=O) groups is 1. The monoisotopic (exact) mass is 235 g/mol. The number of anilines is 1. The van der Waals surface area contributed by atoms with E-state index in [1.807, 2.05) is 13.8 Å². The Morgan fingerprint density at radius 2 is 2.41 bits per heavy atom. The highest BCUT2D eigenvalue weighted by Crippen LogP contribution is 2.16. The minimum Gasteiger partial charge on any atom is -0.501 e. The van der Waals surface area contributed by atoms with Crippen LogP contribution >= 0.6 is 0 Å². The quantitative estimate of drug-likeness (QED) is 0.466. The van der Waals surface area contributed by atoms with Gasteiger partial charge in [-0.2, -0.15) is 5.10 Å². The number of ether oxygens (including phenoxy) is 1. The first-order chi connectivity index (χ1) is 8.08. The molecule has 0 aromatic carbocycles. The molecular weight excluding hydrogens is 218 g/mol. The van der Waals surface area contributed by atoms with Gasteiger partial charge in [-0.15, -0.1) is 0 Å². The normalized spacial score (nSPS) is 11.1. The van der Waals surface area contributed by atoms with E-state index in [0.717, 1.165) is 5.57 Å². The van der Waals surface area contributed by atoms with Crippen molar-refractivity contribution in [2.75, 3.05) is 11.9 Å². The van der Waals surface area contributed by atoms with Crippen LogP contribution < -0.4 is 5.32 Å². The molecule has 1 N–H and O–H groups in total. The van der Waals surface area contributed by atoms with E-state index in [0.29, 0.717) is 30.0 Å². The highest BCUT2D eigenvalue weighted by atomic mass is 16.5. The number of allylic oxidation sites excluding steroid dienone is 1. The third-order valence-corrected chi connectivity index (χ3v) is 2.16. The maximum absolute atomic E-state index is 10.8. The molecule has 1 aromatic heterocycles. The van der Waals surface area contributed by atoms with E-state index in [-0.39, 0.29) is 0 Å². The van der Waals surface area contributed by atoms with Crippen molar-refractivity contribution >= 4 is 12.0 Å². The minimum atomic E-state index is 0.359. The number of nitrogens with one attached hydrogen (secondary N) is 1. The number of carbonyl (C=O) groups excluding carboxylic acids is 1. The Balaban J connectivity index is 2.77. The van der Waals surface area contributed by atoms with Crippen molar-refractivity contribution in [3.63, 3.8) is 0 Å². The number of hydrogen-bond donors (Lipinski definition) is 1. The van der Waals surface area contributed by atoms with Crippen LogP contribution in [0.3, 0.4) is 0 Å². The van der Waals surface area contributed by atoms with Crippen molar-refractivity contribution < 1.29 is 9.53 Å². The first kappa shape index (κ1) is 13.0. The molecule has 0 atom stereocenters. The fourth-order valence-corrected chi connectivity index (χ4v) is 1.23. The third-order valence-electron chi connectivity index (χ3n) is 2.16. The lowest BCUT2D eigenvalue weighted by molar-refractivity contribution is 0.111. The summed E-state index contributed by atoms with van der Waals surface area (Å²) in [6, 6.07) is 0. The van der Waals surface area contributed by atoms with E-state index in [4.69, 9.17) is 4.74 Å². The first-order valence-corrected chi connectivity index (χ1v) is 5.32. The van der Waals surface area contributed by atoms with Crippen LogP contribution in [0.1, 0.15) is 24.3 Å². The maximum Gasteiger partial charge on any atom is 0.172 e. The second-order valence-corrected chi connectivity index (χ2v) is 3.58. The number of rotatable bonds is 6. The summed E-state index contributed by atoms with van der Waals surface area (Å²) in [4.78, 5) is 10.8. The summed E-state index contributed by atoms with van der Waals surface area (Å²) in [5, 5.41) is 7.03. The number of aromatic nitrogens is 2. The zero-order valence-electron chi connectivity index (χ0n) is 10.4. The lowest BCUT2D eigenvalue weighted by atomic mass is 10.2. The van der Waals surface area contributed by atoms with Gasteiger partial charge < -0.3 is 10.1 Å². The topological polar surface area (TPSA) is 56.2 Å². The van der Waals surface area contributed by atoms with Crippen molar-refractivity contribution in [3.8, 4) is 0 Å². The van der Waals surface area contributed by atoms with Gasteiger partial charge >= 0.3 is 0 Å². The van der Waals surface area contributed by atoms with Gasteiger partial charge in [0.15, 0.2) is 6.29 Å². The lowest BCUT2D eigenvalue weighted by Crippen LogP contribution is -2.01. The Morgan fingerprint density at radius 1 is 1.71 bits per heavy atom. The predicted octanol–water partition coefficient (Wildman–Crippen LogP) is 2.10. The summed E-state index contributed by atoms with van der Waals surface area (Å²) in [6.45, 7) is 8.27. The Hall–Kier alpha value is -2.04. The zero-order chi connectivity index (χ0) is 12.8. The summed E-state index contributed by atoms with van der Waals surface area (Å²) < 4.78 is 6.73. The van der Waals surface area contributed by atoms with Crippen LogP contribution in [0, 0.1) is 0 Å². The van der Waals surface area contributed by atoms with Crippen LogP contribution in [0.2, 0.25) is 0 Å². The third kappa shape index (κ3) is 3.48. The second-order valence-electron chi connectivity index (χ2n) is 3.58. The first-order valence-electron chi connectivity index (χ1n) is 5.32. The van der Waals surface area contributed by atoms with Gasteiger partial charge in [0.2, 0.25) is 0 Å². The smallest absolute Gasteiger partial charge is 0.172 e. The molecule has 0 saturated heterocycles. The van der Waals surface area contributed by atoms with Crippen LogP contribution in [-0.2, 0) is 11.8 Å². The van der Waals surface area contributed by atoms with Crippen molar-refractivity contribution in [3.05, 3.63) is 36.0 Å². The number of nitrogens with zero attached hydrogens (tertiary/aromatic N) is 2. The lowest BCUT2D eigenvalue weighted by Gasteiger charge is -2.08. The van der Waals surface area contributed by atoms with E-state index < -0.39 is 0 Å². The Morgan fingerprint density at radius 3 is 3.00 bits per heavy atom.